The third-order valence-electron chi connectivity index (χ3n) is 7.21. The molecule has 43 heavy (non-hydrogen) atoms. The lowest BCUT2D eigenvalue weighted by molar-refractivity contribution is 0.0594. The van der Waals surface area contributed by atoms with Crippen molar-refractivity contribution in [3.63, 3.8) is 0 Å². The number of amides is 2. The Balaban J connectivity index is 1.29. The van der Waals surface area contributed by atoms with Crippen molar-refractivity contribution < 1.29 is 19.1 Å². The van der Waals surface area contributed by atoms with Gasteiger partial charge in [-0.2, -0.15) is 0 Å². The normalized spacial score (nSPS) is 10.8. The summed E-state index contributed by atoms with van der Waals surface area (Å²) in [6.07, 6.45) is 0.275. The maximum atomic E-state index is 12.9. The lowest BCUT2D eigenvalue weighted by Crippen LogP contribution is -2.30. The number of esters is 1. The molecular formula is C37H34N2O4. The van der Waals surface area contributed by atoms with Crippen LogP contribution in [0.15, 0.2) is 140 Å². The molecule has 0 spiro atoms. The maximum Gasteiger partial charge on any atom is 0.341 e. The molecule has 2 amide bonds. The summed E-state index contributed by atoms with van der Waals surface area (Å²) in [4.78, 5) is 25.7. The summed E-state index contributed by atoms with van der Waals surface area (Å²) in [6.45, 7) is 0.459. The third kappa shape index (κ3) is 7.68. The van der Waals surface area contributed by atoms with Gasteiger partial charge in [0.1, 0.15) is 17.4 Å². The van der Waals surface area contributed by atoms with Crippen LogP contribution in [-0.2, 0) is 4.74 Å². The van der Waals surface area contributed by atoms with E-state index in [0.717, 1.165) is 17.5 Å². The van der Waals surface area contributed by atoms with Gasteiger partial charge in [-0.1, -0.05) is 121 Å². The topological polar surface area (TPSA) is 76.7 Å². The average Bonchev–Trinajstić information content (AvgIpc) is 3.07. The summed E-state index contributed by atoms with van der Waals surface area (Å²) in [7, 11) is 1.32. The van der Waals surface area contributed by atoms with Crippen LogP contribution >= 0.6 is 0 Å². The Morgan fingerprint density at radius 3 is 1.63 bits per heavy atom. The number of anilines is 1. The van der Waals surface area contributed by atoms with E-state index < -0.39 is 12.1 Å². The average molecular weight is 571 g/mol. The van der Waals surface area contributed by atoms with E-state index >= 15 is 0 Å². The molecule has 216 valence electrons. The Bertz CT molecular complexity index is 1530. The number of nitrogens with one attached hydrogen (secondary N) is 2. The maximum absolute atomic E-state index is 12.9. The summed E-state index contributed by atoms with van der Waals surface area (Å²) < 4.78 is 11.5. The van der Waals surface area contributed by atoms with E-state index in [1.54, 1.807) is 18.2 Å². The first kappa shape index (κ1) is 29.1. The van der Waals surface area contributed by atoms with Crippen LogP contribution < -0.4 is 15.4 Å². The standard InChI is InChI=1S/C37H34N2O4/c1-42-36(40)33-26-31(22-23-34(33)43-35(29-18-10-4-11-19-29)30-20-12-5-13-21-30)39-37(41)38-25-24-32(27-14-6-2-7-15-27)28-16-8-3-9-17-28/h2-23,26,32,35H,24-25H2,1H3,(H2,38,39,41). The van der Waals surface area contributed by atoms with Gasteiger partial charge in [0.2, 0.25) is 0 Å². The van der Waals surface area contributed by atoms with E-state index in [0.29, 0.717) is 18.0 Å². The molecule has 0 atom stereocenters. The predicted molar refractivity (Wildman–Crippen MR) is 170 cm³/mol. The molecule has 2 N–H and O–H groups in total. The second kappa shape index (κ2) is 14.5. The molecule has 0 saturated carbocycles. The minimum absolute atomic E-state index is 0.146. The first-order chi connectivity index (χ1) is 21.1. The fraction of sp³-hybridized carbons (Fsp3) is 0.135. The Labute approximate surface area is 252 Å². The summed E-state index contributed by atoms with van der Waals surface area (Å²) in [5.74, 6) is -0.0659. The number of hydrogen-bond donors (Lipinski definition) is 2. The molecule has 0 bridgehead atoms. The van der Waals surface area contributed by atoms with Crippen LogP contribution in [-0.4, -0.2) is 25.7 Å². The van der Waals surface area contributed by atoms with E-state index in [1.165, 1.54) is 18.2 Å². The highest BCUT2D eigenvalue weighted by molar-refractivity contribution is 5.96. The van der Waals surface area contributed by atoms with Crippen LogP contribution in [0.2, 0.25) is 0 Å². The zero-order valence-electron chi connectivity index (χ0n) is 24.0. The lowest BCUT2D eigenvalue weighted by atomic mass is 9.88. The molecule has 6 nitrogen and oxygen atoms in total. The zero-order chi connectivity index (χ0) is 29.9. The van der Waals surface area contributed by atoms with Crippen molar-refractivity contribution in [2.75, 3.05) is 19.0 Å². The molecule has 0 radical (unpaired) electrons. The van der Waals surface area contributed by atoms with E-state index in [9.17, 15) is 9.59 Å². The molecule has 0 fully saturated rings. The van der Waals surface area contributed by atoms with Gasteiger partial charge in [-0.25, -0.2) is 9.59 Å². The lowest BCUT2D eigenvalue weighted by Gasteiger charge is -2.22. The predicted octanol–water partition coefficient (Wildman–Crippen LogP) is 7.99. The van der Waals surface area contributed by atoms with Gasteiger partial charge in [-0.05, 0) is 46.9 Å². The van der Waals surface area contributed by atoms with Crippen LogP contribution in [0.1, 0.15) is 51.1 Å². The number of urea groups is 1. The molecular weight excluding hydrogens is 536 g/mol. The fourth-order valence-electron chi connectivity index (χ4n) is 5.09. The molecule has 0 aliphatic heterocycles. The first-order valence-electron chi connectivity index (χ1n) is 14.3. The van der Waals surface area contributed by atoms with Gasteiger partial charge in [0.05, 0.1) is 7.11 Å². The van der Waals surface area contributed by atoms with Crippen molar-refractivity contribution in [1.82, 2.24) is 5.32 Å². The first-order valence-corrected chi connectivity index (χ1v) is 14.3. The molecule has 0 unspecified atom stereocenters. The van der Waals surface area contributed by atoms with Crippen molar-refractivity contribution in [2.24, 2.45) is 0 Å². The molecule has 0 aliphatic rings. The molecule has 0 heterocycles. The summed E-state index contributed by atoms with van der Waals surface area (Å²) in [6, 6.07) is 44.8. The molecule has 5 aromatic rings. The van der Waals surface area contributed by atoms with Crippen molar-refractivity contribution in [3.05, 3.63) is 167 Å². The highest BCUT2D eigenvalue weighted by atomic mass is 16.5. The van der Waals surface area contributed by atoms with Crippen LogP contribution in [0.25, 0.3) is 0 Å². The van der Waals surface area contributed by atoms with Gasteiger partial charge >= 0.3 is 12.0 Å². The van der Waals surface area contributed by atoms with Gasteiger partial charge in [0.15, 0.2) is 0 Å². The van der Waals surface area contributed by atoms with Gasteiger partial charge in [0.25, 0.3) is 0 Å². The second-order valence-electron chi connectivity index (χ2n) is 10.1. The molecule has 6 heteroatoms. The van der Waals surface area contributed by atoms with Crippen LogP contribution in [0.4, 0.5) is 10.5 Å². The number of benzene rings is 5. The smallest absolute Gasteiger partial charge is 0.341 e. The van der Waals surface area contributed by atoms with Gasteiger partial charge in [0, 0.05) is 18.2 Å². The number of methoxy groups -OCH3 is 1. The van der Waals surface area contributed by atoms with Crippen molar-refractivity contribution in [1.29, 1.82) is 0 Å². The monoisotopic (exact) mass is 570 g/mol. The Morgan fingerprint density at radius 2 is 1.14 bits per heavy atom. The van der Waals surface area contributed by atoms with E-state index in [1.807, 2.05) is 97.1 Å². The van der Waals surface area contributed by atoms with Crippen molar-refractivity contribution >= 4 is 17.7 Å². The van der Waals surface area contributed by atoms with Gasteiger partial charge < -0.3 is 20.1 Å². The quantitative estimate of drug-likeness (QED) is 0.158. The fourth-order valence-corrected chi connectivity index (χ4v) is 5.09. The summed E-state index contributed by atoms with van der Waals surface area (Å²) in [5, 5.41) is 5.80. The molecule has 5 aromatic carbocycles. The molecule has 0 aromatic heterocycles. The van der Waals surface area contributed by atoms with E-state index in [4.69, 9.17) is 9.47 Å². The molecule has 0 saturated heterocycles. The highest BCUT2D eigenvalue weighted by Gasteiger charge is 2.21. The largest absolute Gasteiger partial charge is 0.480 e. The zero-order valence-corrected chi connectivity index (χ0v) is 24.0. The number of hydrogen-bond acceptors (Lipinski definition) is 4. The van der Waals surface area contributed by atoms with Crippen LogP contribution in [0.5, 0.6) is 5.75 Å². The SMILES string of the molecule is COC(=O)c1cc(NC(=O)NCCC(c2ccccc2)c2ccccc2)ccc1OC(c1ccccc1)c1ccccc1. The Kier molecular flexibility index (Phi) is 9.83. The van der Waals surface area contributed by atoms with E-state index in [-0.39, 0.29) is 17.5 Å². The van der Waals surface area contributed by atoms with Crippen molar-refractivity contribution in [3.8, 4) is 5.75 Å². The summed E-state index contributed by atoms with van der Waals surface area (Å²) >= 11 is 0. The summed E-state index contributed by atoms with van der Waals surface area (Å²) in [5.41, 5.74) is 4.93. The van der Waals surface area contributed by atoms with Gasteiger partial charge in [-0.3, -0.25) is 0 Å². The van der Waals surface area contributed by atoms with E-state index in [2.05, 4.69) is 34.9 Å². The second-order valence-corrected chi connectivity index (χ2v) is 10.1. The molecule has 0 aliphatic carbocycles. The van der Waals surface area contributed by atoms with Gasteiger partial charge in [-0.15, -0.1) is 0 Å². The number of carbonyl (C=O) groups is 2. The minimum Gasteiger partial charge on any atom is -0.480 e. The Morgan fingerprint density at radius 1 is 0.651 bits per heavy atom. The third-order valence-corrected chi connectivity index (χ3v) is 7.21. The number of rotatable bonds is 11. The number of carbonyl (C=O) groups excluding carboxylic acids is 2. The van der Waals surface area contributed by atoms with Crippen LogP contribution in [0, 0.1) is 0 Å². The molecule has 5 rings (SSSR count). The highest BCUT2D eigenvalue weighted by Crippen LogP contribution is 2.32. The minimum atomic E-state index is -0.563. The Hall–Kier alpha value is -5.36. The van der Waals surface area contributed by atoms with Crippen LogP contribution in [0.3, 0.4) is 0 Å². The van der Waals surface area contributed by atoms with Crippen molar-refractivity contribution in [2.45, 2.75) is 18.4 Å². The number of ether oxygens (including phenoxy) is 2.